The summed E-state index contributed by atoms with van der Waals surface area (Å²) in [7, 11) is 0. The third-order valence-electron chi connectivity index (χ3n) is 3.63. The lowest BCUT2D eigenvalue weighted by Crippen LogP contribution is -2.36. The van der Waals surface area contributed by atoms with E-state index in [-0.39, 0.29) is 11.6 Å². The van der Waals surface area contributed by atoms with Gasteiger partial charge in [0.2, 0.25) is 0 Å². The van der Waals surface area contributed by atoms with Crippen molar-refractivity contribution in [2.75, 3.05) is 5.43 Å². The number of hydrogen-bond acceptors (Lipinski definition) is 3. The fraction of sp³-hybridized carbons (Fsp3) is 0.462. The normalized spacial score (nSPS) is 22.3. The van der Waals surface area contributed by atoms with Crippen LogP contribution < -0.4 is 16.6 Å². The molecule has 0 spiro atoms. The van der Waals surface area contributed by atoms with Crippen molar-refractivity contribution in [2.45, 2.75) is 32.2 Å². The van der Waals surface area contributed by atoms with Gasteiger partial charge in [0.15, 0.2) is 11.6 Å². The lowest BCUT2D eigenvalue weighted by molar-refractivity contribution is 0.0928. The van der Waals surface area contributed by atoms with Gasteiger partial charge in [0.25, 0.3) is 5.91 Å². The van der Waals surface area contributed by atoms with Crippen LogP contribution in [-0.2, 0) is 0 Å². The van der Waals surface area contributed by atoms with Gasteiger partial charge in [0.05, 0.1) is 0 Å². The summed E-state index contributed by atoms with van der Waals surface area (Å²) in [4.78, 5) is 12.0. The van der Waals surface area contributed by atoms with Crippen LogP contribution in [0.2, 0.25) is 0 Å². The van der Waals surface area contributed by atoms with Gasteiger partial charge < -0.3 is 10.7 Å². The number of carbonyl (C=O) groups is 1. The van der Waals surface area contributed by atoms with Crippen LogP contribution in [-0.4, -0.2) is 11.9 Å². The number of rotatable bonds is 3. The molecule has 1 aromatic carbocycles. The van der Waals surface area contributed by atoms with Gasteiger partial charge in [-0.3, -0.25) is 10.6 Å². The molecular formula is C13H17F2N3O. The van der Waals surface area contributed by atoms with E-state index in [1.54, 1.807) is 0 Å². The highest BCUT2D eigenvalue weighted by molar-refractivity contribution is 5.94. The summed E-state index contributed by atoms with van der Waals surface area (Å²) in [5.74, 6) is 3.17. The molecule has 19 heavy (non-hydrogen) atoms. The van der Waals surface area contributed by atoms with E-state index in [9.17, 15) is 13.6 Å². The molecule has 0 saturated heterocycles. The largest absolute Gasteiger partial charge is 0.349 e. The van der Waals surface area contributed by atoms with E-state index in [0.717, 1.165) is 31.4 Å². The van der Waals surface area contributed by atoms with Crippen LogP contribution in [0.15, 0.2) is 12.1 Å². The van der Waals surface area contributed by atoms with Crippen molar-refractivity contribution in [1.29, 1.82) is 0 Å². The molecule has 0 bridgehead atoms. The Balaban J connectivity index is 2.15. The van der Waals surface area contributed by atoms with Gasteiger partial charge in [-0.25, -0.2) is 8.78 Å². The molecule has 2 unspecified atom stereocenters. The topological polar surface area (TPSA) is 67.2 Å². The van der Waals surface area contributed by atoms with Crippen molar-refractivity contribution in [1.82, 2.24) is 5.32 Å². The molecule has 104 valence electrons. The first kappa shape index (κ1) is 13.7. The third kappa shape index (κ3) is 2.84. The second-order valence-electron chi connectivity index (χ2n) is 4.95. The monoisotopic (exact) mass is 269 g/mol. The molecule has 2 atom stereocenters. The molecule has 2 rings (SSSR count). The Morgan fingerprint density at radius 1 is 1.32 bits per heavy atom. The Kier molecular flexibility index (Phi) is 3.99. The number of hydrogen-bond donors (Lipinski definition) is 3. The highest BCUT2D eigenvalue weighted by atomic mass is 19.1. The lowest BCUT2D eigenvalue weighted by Gasteiger charge is -2.17. The number of benzene rings is 1. The highest BCUT2D eigenvalue weighted by Gasteiger charge is 2.25. The molecule has 0 radical (unpaired) electrons. The number of nitrogens with one attached hydrogen (secondary N) is 2. The van der Waals surface area contributed by atoms with Gasteiger partial charge in [-0.1, -0.05) is 13.3 Å². The van der Waals surface area contributed by atoms with Crippen molar-refractivity contribution in [3.05, 3.63) is 29.3 Å². The number of nitrogen functional groups attached to an aromatic ring is 1. The van der Waals surface area contributed by atoms with Crippen LogP contribution in [0.1, 0.15) is 36.5 Å². The van der Waals surface area contributed by atoms with E-state index in [1.165, 1.54) is 0 Å². The second kappa shape index (κ2) is 5.52. The van der Waals surface area contributed by atoms with Crippen molar-refractivity contribution in [3.63, 3.8) is 0 Å². The molecule has 1 aromatic rings. The van der Waals surface area contributed by atoms with Gasteiger partial charge in [-0.05, 0) is 30.9 Å². The third-order valence-corrected chi connectivity index (χ3v) is 3.63. The van der Waals surface area contributed by atoms with E-state index < -0.39 is 23.2 Å². The van der Waals surface area contributed by atoms with E-state index >= 15 is 0 Å². The Bertz CT molecular complexity index is 470. The van der Waals surface area contributed by atoms with E-state index in [1.807, 2.05) is 5.43 Å². The average molecular weight is 269 g/mol. The summed E-state index contributed by atoms with van der Waals surface area (Å²) in [5.41, 5.74) is 1.45. The van der Waals surface area contributed by atoms with E-state index in [4.69, 9.17) is 5.84 Å². The summed E-state index contributed by atoms with van der Waals surface area (Å²) in [5, 5.41) is 2.81. The Hall–Kier alpha value is -1.69. The van der Waals surface area contributed by atoms with Gasteiger partial charge in [-0.2, -0.15) is 0 Å². The molecule has 1 fully saturated rings. The molecular weight excluding hydrogens is 252 g/mol. The van der Waals surface area contributed by atoms with Crippen molar-refractivity contribution in [2.24, 2.45) is 11.8 Å². The first-order valence-corrected chi connectivity index (χ1v) is 6.29. The predicted octanol–water partition coefficient (Wildman–Crippen LogP) is 2.17. The summed E-state index contributed by atoms with van der Waals surface area (Å²) < 4.78 is 27.0. The molecule has 0 aromatic heterocycles. The SMILES string of the molecule is CC1CCCC1NC(=O)c1cc(F)c(NN)c(F)c1. The molecule has 0 aliphatic heterocycles. The fourth-order valence-corrected chi connectivity index (χ4v) is 2.45. The molecule has 1 saturated carbocycles. The standard InChI is InChI=1S/C13H17F2N3O/c1-7-3-2-4-11(7)17-13(19)8-5-9(14)12(18-16)10(15)6-8/h5-7,11,18H,2-4,16H2,1H3,(H,17,19). The highest BCUT2D eigenvalue weighted by Crippen LogP contribution is 2.25. The Labute approximate surface area is 110 Å². The lowest BCUT2D eigenvalue weighted by atomic mass is 10.1. The van der Waals surface area contributed by atoms with E-state index in [0.29, 0.717) is 5.92 Å². The van der Waals surface area contributed by atoms with Crippen molar-refractivity contribution in [3.8, 4) is 0 Å². The smallest absolute Gasteiger partial charge is 0.251 e. The minimum Gasteiger partial charge on any atom is -0.349 e. The second-order valence-corrected chi connectivity index (χ2v) is 4.95. The van der Waals surface area contributed by atoms with Gasteiger partial charge >= 0.3 is 0 Å². The number of anilines is 1. The van der Waals surface area contributed by atoms with Crippen molar-refractivity contribution < 1.29 is 13.6 Å². The number of halogens is 2. The maximum atomic E-state index is 13.5. The minimum atomic E-state index is -0.882. The Morgan fingerprint density at radius 2 is 1.95 bits per heavy atom. The average Bonchev–Trinajstić information content (AvgIpc) is 2.74. The van der Waals surface area contributed by atoms with E-state index in [2.05, 4.69) is 12.2 Å². The molecule has 6 heteroatoms. The van der Waals surface area contributed by atoms with Crippen LogP contribution in [0.5, 0.6) is 0 Å². The zero-order valence-electron chi connectivity index (χ0n) is 10.7. The number of amides is 1. The van der Waals surface area contributed by atoms with Crippen LogP contribution in [0.25, 0.3) is 0 Å². The quantitative estimate of drug-likeness (QED) is 0.582. The first-order valence-electron chi connectivity index (χ1n) is 6.29. The zero-order chi connectivity index (χ0) is 14.0. The fourth-order valence-electron chi connectivity index (χ4n) is 2.45. The van der Waals surface area contributed by atoms with Gasteiger partial charge in [-0.15, -0.1) is 0 Å². The molecule has 0 heterocycles. The van der Waals surface area contributed by atoms with Gasteiger partial charge in [0.1, 0.15) is 5.69 Å². The molecule has 4 nitrogen and oxygen atoms in total. The minimum absolute atomic E-state index is 0.0342. The number of hydrazine groups is 1. The summed E-state index contributed by atoms with van der Waals surface area (Å²) >= 11 is 0. The number of nitrogens with two attached hydrogens (primary N) is 1. The summed E-state index contributed by atoms with van der Waals surface area (Å²) in [6, 6.07) is 2.03. The summed E-state index contributed by atoms with van der Waals surface area (Å²) in [6.45, 7) is 2.06. The molecule has 1 aliphatic rings. The molecule has 1 aliphatic carbocycles. The van der Waals surface area contributed by atoms with Crippen LogP contribution in [0, 0.1) is 17.6 Å². The zero-order valence-corrected chi connectivity index (χ0v) is 10.7. The maximum absolute atomic E-state index is 13.5. The number of carbonyl (C=O) groups excluding carboxylic acids is 1. The summed E-state index contributed by atoms with van der Waals surface area (Å²) in [6.07, 6.45) is 3.02. The maximum Gasteiger partial charge on any atom is 0.251 e. The van der Waals surface area contributed by atoms with Gasteiger partial charge in [0, 0.05) is 11.6 Å². The van der Waals surface area contributed by atoms with Crippen LogP contribution in [0.4, 0.5) is 14.5 Å². The van der Waals surface area contributed by atoms with Crippen LogP contribution in [0.3, 0.4) is 0 Å². The molecule has 4 N–H and O–H groups in total. The predicted molar refractivity (Wildman–Crippen MR) is 68.4 cm³/mol. The molecule has 1 amide bonds. The first-order chi connectivity index (χ1) is 9.02. The Morgan fingerprint density at radius 3 is 2.42 bits per heavy atom. The van der Waals surface area contributed by atoms with Crippen LogP contribution >= 0.6 is 0 Å². The van der Waals surface area contributed by atoms with Crippen molar-refractivity contribution >= 4 is 11.6 Å².